The number of alkyl halides is 2. The van der Waals surface area contributed by atoms with Crippen molar-refractivity contribution in [3.8, 4) is 5.75 Å². The second-order valence-corrected chi connectivity index (χ2v) is 4.16. The van der Waals surface area contributed by atoms with Crippen molar-refractivity contribution >= 4 is 11.8 Å². The number of likely N-dealkylation sites (N-methyl/N-ethyl adjacent to an activating group) is 1. The SMILES string of the molecule is CCN(CC)C(=O)CNC(=O)c1cccc(OC(F)F)c1. The maximum atomic E-state index is 12.1. The molecule has 2 amide bonds. The number of nitrogens with zero attached hydrogens (tertiary/aromatic N) is 1. The van der Waals surface area contributed by atoms with Crippen LogP contribution in [-0.2, 0) is 4.79 Å². The fourth-order valence-electron chi connectivity index (χ4n) is 1.76. The fraction of sp³-hybridized carbons (Fsp3) is 0.429. The van der Waals surface area contributed by atoms with E-state index in [1.165, 1.54) is 24.3 Å². The topological polar surface area (TPSA) is 58.6 Å². The van der Waals surface area contributed by atoms with Crippen LogP contribution in [0.1, 0.15) is 24.2 Å². The van der Waals surface area contributed by atoms with Gasteiger partial charge in [-0.3, -0.25) is 9.59 Å². The Morgan fingerprint density at radius 3 is 2.52 bits per heavy atom. The summed E-state index contributed by atoms with van der Waals surface area (Å²) in [5.74, 6) is -0.823. The van der Waals surface area contributed by atoms with Crippen LogP contribution in [0.2, 0.25) is 0 Å². The van der Waals surface area contributed by atoms with Gasteiger partial charge in [0.15, 0.2) is 0 Å². The molecule has 5 nitrogen and oxygen atoms in total. The first-order valence-electron chi connectivity index (χ1n) is 6.58. The quantitative estimate of drug-likeness (QED) is 0.836. The zero-order valence-electron chi connectivity index (χ0n) is 11.9. The van der Waals surface area contributed by atoms with E-state index in [-0.39, 0.29) is 23.8 Å². The Hall–Kier alpha value is -2.18. The Morgan fingerprint density at radius 1 is 1.29 bits per heavy atom. The van der Waals surface area contributed by atoms with Crippen LogP contribution in [0.25, 0.3) is 0 Å². The minimum atomic E-state index is -2.95. The van der Waals surface area contributed by atoms with E-state index in [2.05, 4.69) is 10.1 Å². The third-order valence-electron chi connectivity index (χ3n) is 2.84. The van der Waals surface area contributed by atoms with Gasteiger partial charge in [0.1, 0.15) is 5.75 Å². The van der Waals surface area contributed by atoms with Gasteiger partial charge >= 0.3 is 6.61 Å². The summed E-state index contributed by atoms with van der Waals surface area (Å²) in [6.07, 6.45) is 0. The standard InChI is InChI=1S/C14H18F2N2O3/c1-3-18(4-2)12(19)9-17-13(20)10-6-5-7-11(8-10)21-14(15)16/h5-8,14H,3-4,9H2,1-2H3,(H,17,20). The molecule has 0 saturated carbocycles. The lowest BCUT2D eigenvalue weighted by Crippen LogP contribution is -2.40. The highest BCUT2D eigenvalue weighted by Crippen LogP contribution is 2.15. The fourth-order valence-corrected chi connectivity index (χ4v) is 1.76. The Bertz CT molecular complexity index is 491. The molecule has 1 N–H and O–H groups in total. The number of amides is 2. The van der Waals surface area contributed by atoms with E-state index in [1.54, 1.807) is 4.90 Å². The number of carbonyl (C=O) groups is 2. The van der Waals surface area contributed by atoms with Crippen molar-refractivity contribution < 1.29 is 23.1 Å². The summed E-state index contributed by atoms with van der Waals surface area (Å²) in [7, 11) is 0. The van der Waals surface area contributed by atoms with Gasteiger partial charge in [0.25, 0.3) is 5.91 Å². The maximum Gasteiger partial charge on any atom is 0.387 e. The highest BCUT2D eigenvalue weighted by molar-refractivity contribution is 5.96. The molecule has 0 atom stereocenters. The van der Waals surface area contributed by atoms with Crippen molar-refractivity contribution in [2.75, 3.05) is 19.6 Å². The summed E-state index contributed by atoms with van der Waals surface area (Å²) in [5.41, 5.74) is 0.153. The van der Waals surface area contributed by atoms with Crippen LogP contribution in [0.4, 0.5) is 8.78 Å². The minimum Gasteiger partial charge on any atom is -0.435 e. The lowest BCUT2D eigenvalue weighted by Gasteiger charge is -2.18. The van der Waals surface area contributed by atoms with Crippen molar-refractivity contribution in [3.05, 3.63) is 29.8 Å². The van der Waals surface area contributed by atoms with Crippen LogP contribution in [0, 0.1) is 0 Å². The van der Waals surface area contributed by atoms with Gasteiger partial charge in [-0.05, 0) is 32.0 Å². The first-order chi connectivity index (χ1) is 9.97. The van der Waals surface area contributed by atoms with Gasteiger partial charge in [-0.2, -0.15) is 8.78 Å². The smallest absolute Gasteiger partial charge is 0.387 e. The van der Waals surface area contributed by atoms with Gasteiger partial charge in [-0.1, -0.05) is 6.07 Å². The predicted octanol–water partition coefficient (Wildman–Crippen LogP) is 1.89. The molecule has 0 saturated heterocycles. The van der Waals surface area contributed by atoms with Crippen LogP contribution < -0.4 is 10.1 Å². The lowest BCUT2D eigenvalue weighted by atomic mass is 10.2. The van der Waals surface area contributed by atoms with Crippen LogP contribution in [-0.4, -0.2) is 43.0 Å². The maximum absolute atomic E-state index is 12.1. The summed E-state index contributed by atoms with van der Waals surface area (Å²) in [6.45, 7) is 1.71. The molecule has 0 heterocycles. The lowest BCUT2D eigenvalue weighted by molar-refractivity contribution is -0.129. The second-order valence-electron chi connectivity index (χ2n) is 4.16. The second kappa shape index (κ2) is 8.18. The highest BCUT2D eigenvalue weighted by atomic mass is 19.3. The molecule has 0 spiro atoms. The van der Waals surface area contributed by atoms with Gasteiger partial charge < -0.3 is 15.0 Å². The number of ether oxygens (including phenoxy) is 1. The summed E-state index contributed by atoms with van der Waals surface area (Å²) >= 11 is 0. The average Bonchev–Trinajstić information content (AvgIpc) is 2.45. The number of hydrogen-bond acceptors (Lipinski definition) is 3. The predicted molar refractivity (Wildman–Crippen MR) is 73.3 cm³/mol. The first-order valence-corrected chi connectivity index (χ1v) is 6.58. The summed E-state index contributed by atoms with van der Waals surface area (Å²) in [5, 5.41) is 2.46. The number of benzene rings is 1. The third-order valence-corrected chi connectivity index (χ3v) is 2.84. The van der Waals surface area contributed by atoms with E-state index in [0.29, 0.717) is 13.1 Å². The normalized spacial score (nSPS) is 10.3. The molecule has 0 aliphatic rings. The van der Waals surface area contributed by atoms with Gasteiger partial charge in [0, 0.05) is 18.7 Å². The van der Waals surface area contributed by atoms with Crippen molar-refractivity contribution in [1.82, 2.24) is 10.2 Å². The number of halogens is 2. The van der Waals surface area contributed by atoms with E-state index < -0.39 is 12.5 Å². The molecule has 0 radical (unpaired) electrons. The van der Waals surface area contributed by atoms with Crippen molar-refractivity contribution in [2.45, 2.75) is 20.5 Å². The molecule has 21 heavy (non-hydrogen) atoms. The zero-order valence-corrected chi connectivity index (χ0v) is 11.9. The highest BCUT2D eigenvalue weighted by Gasteiger charge is 2.13. The molecule has 0 aromatic heterocycles. The summed E-state index contributed by atoms with van der Waals surface area (Å²) in [6, 6.07) is 5.40. The van der Waals surface area contributed by atoms with E-state index in [1.807, 2.05) is 13.8 Å². The zero-order chi connectivity index (χ0) is 15.8. The number of nitrogens with one attached hydrogen (secondary N) is 1. The van der Waals surface area contributed by atoms with Gasteiger partial charge in [-0.15, -0.1) is 0 Å². The molecular formula is C14H18F2N2O3. The Kier molecular flexibility index (Phi) is 6.58. The van der Waals surface area contributed by atoms with Gasteiger partial charge in [-0.25, -0.2) is 0 Å². The molecule has 0 aliphatic heterocycles. The number of rotatable bonds is 7. The molecule has 1 rings (SSSR count). The molecule has 0 unspecified atom stereocenters. The monoisotopic (exact) mass is 300 g/mol. The molecule has 7 heteroatoms. The van der Waals surface area contributed by atoms with Crippen molar-refractivity contribution in [2.24, 2.45) is 0 Å². The first kappa shape index (κ1) is 16.9. The van der Waals surface area contributed by atoms with Crippen LogP contribution >= 0.6 is 0 Å². The van der Waals surface area contributed by atoms with E-state index >= 15 is 0 Å². The van der Waals surface area contributed by atoms with Crippen LogP contribution in [0.3, 0.4) is 0 Å². The third kappa shape index (κ3) is 5.37. The van der Waals surface area contributed by atoms with E-state index in [9.17, 15) is 18.4 Å². The molecule has 0 fully saturated rings. The van der Waals surface area contributed by atoms with E-state index in [0.717, 1.165) is 0 Å². The number of carbonyl (C=O) groups excluding carboxylic acids is 2. The van der Waals surface area contributed by atoms with Gasteiger partial charge in [0.2, 0.25) is 5.91 Å². The molecule has 0 aliphatic carbocycles. The summed E-state index contributed by atoms with van der Waals surface area (Å²) < 4.78 is 28.4. The van der Waals surface area contributed by atoms with Gasteiger partial charge in [0.05, 0.1) is 6.54 Å². The van der Waals surface area contributed by atoms with Crippen molar-refractivity contribution in [1.29, 1.82) is 0 Å². The molecule has 1 aromatic carbocycles. The number of hydrogen-bond donors (Lipinski definition) is 1. The molecular weight excluding hydrogens is 282 g/mol. The largest absolute Gasteiger partial charge is 0.435 e. The minimum absolute atomic E-state index is 0.104. The molecule has 0 bridgehead atoms. The average molecular weight is 300 g/mol. The van der Waals surface area contributed by atoms with Crippen LogP contribution in [0.15, 0.2) is 24.3 Å². The molecule has 116 valence electrons. The Labute approximate surface area is 121 Å². The van der Waals surface area contributed by atoms with Crippen LogP contribution in [0.5, 0.6) is 5.75 Å². The summed E-state index contributed by atoms with van der Waals surface area (Å²) in [4.78, 5) is 25.2. The molecule has 1 aromatic rings. The Morgan fingerprint density at radius 2 is 1.95 bits per heavy atom. The van der Waals surface area contributed by atoms with E-state index in [4.69, 9.17) is 0 Å². The Balaban J connectivity index is 2.61. The van der Waals surface area contributed by atoms with Crippen molar-refractivity contribution in [3.63, 3.8) is 0 Å².